The van der Waals surface area contributed by atoms with Gasteiger partial charge in [-0.15, -0.1) is 0 Å². The molecule has 1 unspecified atom stereocenters. The van der Waals surface area contributed by atoms with Crippen molar-refractivity contribution in [3.63, 3.8) is 0 Å². The standard InChI is InChI=1S/C17H24N4/c1-4-7-16-17-8-6-9-19(17)10-11-20(16)13-15-12-18-21(5-2)14(15)3/h5-6,8-9,12,16H,2,4,7,10-11,13H2,1,3H3. The Morgan fingerprint density at radius 2 is 2.29 bits per heavy atom. The fourth-order valence-electron chi connectivity index (χ4n) is 3.32. The highest BCUT2D eigenvalue weighted by atomic mass is 15.3. The Hall–Kier alpha value is -1.81. The molecule has 4 nitrogen and oxygen atoms in total. The van der Waals surface area contributed by atoms with Crippen LogP contribution >= 0.6 is 0 Å². The monoisotopic (exact) mass is 284 g/mol. The SMILES string of the molecule is C=Cn1ncc(CN2CCn3cccc3C2CCC)c1C. The lowest BCUT2D eigenvalue weighted by Gasteiger charge is -2.37. The minimum atomic E-state index is 0.519. The molecule has 1 aliphatic heterocycles. The van der Waals surface area contributed by atoms with E-state index in [1.54, 1.807) is 6.20 Å². The summed E-state index contributed by atoms with van der Waals surface area (Å²) in [6, 6.07) is 4.96. The zero-order valence-electron chi connectivity index (χ0n) is 13.0. The molecule has 112 valence electrons. The van der Waals surface area contributed by atoms with Gasteiger partial charge in [-0.2, -0.15) is 5.10 Å². The molecule has 0 amide bonds. The number of rotatable bonds is 5. The number of hydrogen-bond acceptors (Lipinski definition) is 2. The van der Waals surface area contributed by atoms with E-state index in [0.717, 1.165) is 19.6 Å². The Kier molecular flexibility index (Phi) is 3.97. The van der Waals surface area contributed by atoms with Crippen LogP contribution in [0, 0.1) is 6.92 Å². The van der Waals surface area contributed by atoms with Crippen molar-refractivity contribution in [3.8, 4) is 0 Å². The summed E-state index contributed by atoms with van der Waals surface area (Å²) in [6.07, 6.45) is 8.36. The average Bonchev–Trinajstić information content (AvgIpc) is 3.09. The van der Waals surface area contributed by atoms with Gasteiger partial charge in [0.05, 0.1) is 12.2 Å². The Morgan fingerprint density at radius 3 is 3.00 bits per heavy atom. The predicted octanol–water partition coefficient (Wildman–Crippen LogP) is 3.45. The second kappa shape index (κ2) is 5.90. The van der Waals surface area contributed by atoms with E-state index in [1.807, 2.05) is 10.9 Å². The maximum Gasteiger partial charge on any atom is 0.0541 e. The van der Waals surface area contributed by atoms with Crippen LogP contribution in [0.4, 0.5) is 0 Å². The van der Waals surface area contributed by atoms with Crippen molar-refractivity contribution in [2.24, 2.45) is 0 Å². The summed E-state index contributed by atoms with van der Waals surface area (Å²) >= 11 is 0. The zero-order chi connectivity index (χ0) is 14.8. The summed E-state index contributed by atoms with van der Waals surface area (Å²) in [5.74, 6) is 0. The van der Waals surface area contributed by atoms with Gasteiger partial charge in [0.15, 0.2) is 0 Å². The second-order valence-corrected chi connectivity index (χ2v) is 5.78. The summed E-state index contributed by atoms with van der Waals surface area (Å²) < 4.78 is 4.26. The number of hydrogen-bond donors (Lipinski definition) is 0. The molecule has 0 fully saturated rings. The third kappa shape index (κ3) is 2.56. The number of aromatic nitrogens is 3. The van der Waals surface area contributed by atoms with Crippen LogP contribution in [0.1, 0.15) is 42.8 Å². The van der Waals surface area contributed by atoms with Gasteiger partial charge in [-0.1, -0.05) is 19.9 Å². The van der Waals surface area contributed by atoms with Crippen LogP contribution in [-0.2, 0) is 13.1 Å². The highest BCUT2D eigenvalue weighted by Gasteiger charge is 2.27. The second-order valence-electron chi connectivity index (χ2n) is 5.78. The van der Waals surface area contributed by atoms with Gasteiger partial charge in [0.25, 0.3) is 0 Å². The van der Waals surface area contributed by atoms with Crippen LogP contribution in [0.5, 0.6) is 0 Å². The van der Waals surface area contributed by atoms with Crippen LogP contribution in [0.2, 0.25) is 0 Å². The Labute approximate surface area is 126 Å². The maximum absolute atomic E-state index is 4.37. The fraction of sp³-hybridized carbons (Fsp3) is 0.471. The predicted molar refractivity (Wildman–Crippen MR) is 85.8 cm³/mol. The van der Waals surface area contributed by atoms with Crippen molar-refractivity contribution in [1.82, 2.24) is 19.2 Å². The van der Waals surface area contributed by atoms with Crippen molar-refractivity contribution in [2.45, 2.75) is 45.8 Å². The molecule has 4 heteroatoms. The van der Waals surface area contributed by atoms with E-state index in [4.69, 9.17) is 0 Å². The summed E-state index contributed by atoms with van der Waals surface area (Å²) in [5, 5.41) is 4.37. The largest absolute Gasteiger partial charge is 0.349 e. The molecule has 3 rings (SSSR count). The normalized spacial score (nSPS) is 18.7. The minimum absolute atomic E-state index is 0.519. The molecule has 2 aromatic heterocycles. The quantitative estimate of drug-likeness (QED) is 0.840. The van der Waals surface area contributed by atoms with Gasteiger partial charge in [-0.3, -0.25) is 4.90 Å². The molecule has 3 heterocycles. The molecule has 1 aliphatic rings. The lowest BCUT2D eigenvalue weighted by Crippen LogP contribution is -2.37. The molecule has 0 aromatic carbocycles. The van der Waals surface area contributed by atoms with Crippen LogP contribution in [0.25, 0.3) is 6.20 Å². The highest BCUT2D eigenvalue weighted by Crippen LogP contribution is 2.31. The maximum atomic E-state index is 4.37. The summed E-state index contributed by atoms with van der Waals surface area (Å²) in [5.41, 5.74) is 3.95. The Balaban J connectivity index is 1.84. The Morgan fingerprint density at radius 1 is 1.43 bits per heavy atom. The molecule has 0 aliphatic carbocycles. The molecular formula is C17H24N4. The lowest BCUT2D eigenvalue weighted by molar-refractivity contribution is 0.139. The zero-order valence-corrected chi connectivity index (χ0v) is 13.0. The Bertz CT molecular complexity index is 623. The van der Waals surface area contributed by atoms with E-state index < -0.39 is 0 Å². The van der Waals surface area contributed by atoms with Gasteiger partial charge < -0.3 is 4.57 Å². The molecule has 0 saturated heterocycles. The van der Waals surface area contributed by atoms with Crippen molar-refractivity contribution in [1.29, 1.82) is 0 Å². The first-order valence-corrected chi connectivity index (χ1v) is 7.79. The first-order chi connectivity index (χ1) is 10.2. The van der Waals surface area contributed by atoms with Crippen molar-refractivity contribution in [2.75, 3.05) is 6.54 Å². The molecule has 1 atom stereocenters. The molecule has 0 N–H and O–H groups in total. The van der Waals surface area contributed by atoms with Gasteiger partial charge in [-0.25, -0.2) is 4.68 Å². The van der Waals surface area contributed by atoms with Crippen LogP contribution in [0.15, 0.2) is 31.1 Å². The van der Waals surface area contributed by atoms with Crippen molar-refractivity contribution < 1.29 is 0 Å². The van der Waals surface area contributed by atoms with Crippen LogP contribution in [-0.4, -0.2) is 25.8 Å². The summed E-state index contributed by atoms with van der Waals surface area (Å²) in [4.78, 5) is 2.59. The van der Waals surface area contributed by atoms with E-state index in [9.17, 15) is 0 Å². The van der Waals surface area contributed by atoms with Gasteiger partial charge >= 0.3 is 0 Å². The minimum Gasteiger partial charge on any atom is -0.349 e. The molecule has 0 saturated carbocycles. The lowest BCUT2D eigenvalue weighted by atomic mass is 10.0. The molecule has 0 radical (unpaired) electrons. The molecule has 21 heavy (non-hydrogen) atoms. The third-order valence-electron chi connectivity index (χ3n) is 4.53. The number of fused-ring (bicyclic) bond motifs is 1. The molecular weight excluding hydrogens is 260 g/mol. The van der Waals surface area contributed by atoms with Gasteiger partial charge in [0.1, 0.15) is 0 Å². The van der Waals surface area contributed by atoms with E-state index >= 15 is 0 Å². The molecule has 0 bridgehead atoms. The van der Waals surface area contributed by atoms with E-state index in [2.05, 4.69) is 53.3 Å². The smallest absolute Gasteiger partial charge is 0.0541 e. The summed E-state index contributed by atoms with van der Waals surface area (Å²) in [7, 11) is 0. The van der Waals surface area contributed by atoms with Crippen LogP contribution < -0.4 is 0 Å². The third-order valence-corrected chi connectivity index (χ3v) is 4.53. The van der Waals surface area contributed by atoms with E-state index in [-0.39, 0.29) is 0 Å². The van der Waals surface area contributed by atoms with Gasteiger partial charge in [-0.05, 0) is 25.5 Å². The average molecular weight is 284 g/mol. The highest BCUT2D eigenvalue weighted by molar-refractivity contribution is 5.26. The van der Waals surface area contributed by atoms with E-state index in [1.165, 1.54) is 29.8 Å². The van der Waals surface area contributed by atoms with Crippen LogP contribution in [0.3, 0.4) is 0 Å². The fourth-order valence-corrected chi connectivity index (χ4v) is 3.32. The molecule has 2 aromatic rings. The van der Waals surface area contributed by atoms with Crippen molar-refractivity contribution >= 4 is 6.20 Å². The van der Waals surface area contributed by atoms with Gasteiger partial charge in [0, 0.05) is 49.0 Å². The van der Waals surface area contributed by atoms with Crippen molar-refractivity contribution in [3.05, 3.63) is 48.1 Å². The molecule has 0 spiro atoms. The van der Waals surface area contributed by atoms with E-state index in [0.29, 0.717) is 6.04 Å². The first-order valence-electron chi connectivity index (χ1n) is 7.79. The topological polar surface area (TPSA) is 26.0 Å². The van der Waals surface area contributed by atoms with Gasteiger partial charge in [0.2, 0.25) is 0 Å². The summed E-state index contributed by atoms with van der Waals surface area (Å²) in [6.45, 7) is 11.3. The number of nitrogens with zero attached hydrogens (tertiary/aromatic N) is 4. The first kappa shape index (κ1) is 14.1.